The Labute approximate surface area is 246 Å². The smallest absolute Gasteiger partial charge is 0.307 e. The standard InChI is InChI=1S/C34H35N3O3S/c1-21-5-7-24(8-6-21)32-23(3)33-28-11-9-25(26-10-12-30(35-19-26)36-13-15-40-16-14-36)17-27(28)20-37(41-4)34(33)22(2)29(32)18-31(38)39/h5-12,17,19H,13-16,18,20H2,1-4H3,(H,38,39). The number of aromatic nitrogens is 1. The lowest BCUT2D eigenvalue weighted by Gasteiger charge is -2.36. The zero-order valence-corrected chi connectivity index (χ0v) is 24.8. The molecule has 1 saturated heterocycles. The van der Waals surface area contributed by atoms with Gasteiger partial charge in [-0.3, -0.25) is 4.79 Å². The molecule has 3 aromatic carbocycles. The highest BCUT2D eigenvalue weighted by atomic mass is 32.2. The van der Waals surface area contributed by atoms with Crippen molar-refractivity contribution in [1.29, 1.82) is 0 Å². The Balaban J connectivity index is 1.47. The van der Waals surface area contributed by atoms with Crippen molar-refractivity contribution in [3.63, 3.8) is 0 Å². The number of aliphatic carboxylic acids is 1. The number of anilines is 2. The summed E-state index contributed by atoms with van der Waals surface area (Å²) in [6.07, 6.45) is 4.05. The molecule has 210 valence electrons. The Hall–Kier alpha value is -3.81. The van der Waals surface area contributed by atoms with E-state index in [9.17, 15) is 9.90 Å². The van der Waals surface area contributed by atoms with E-state index in [1.54, 1.807) is 11.9 Å². The number of morpholine rings is 1. The van der Waals surface area contributed by atoms with Crippen LogP contribution in [0.2, 0.25) is 0 Å². The summed E-state index contributed by atoms with van der Waals surface area (Å²) in [5.74, 6) is 0.176. The molecule has 0 spiro atoms. The summed E-state index contributed by atoms with van der Waals surface area (Å²) in [4.78, 5) is 19.1. The van der Waals surface area contributed by atoms with E-state index in [0.717, 1.165) is 83.3 Å². The molecule has 41 heavy (non-hydrogen) atoms. The molecule has 1 N–H and O–H groups in total. The second-order valence-corrected chi connectivity index (χ2v) is 11.7. The molecule has 6 rings (SSSR count). The highest BCUT2D eigenvalue weighted by Gasteiger charge is 2.30. The fourth-order valence-corrected chi connectivity index (χ4v) is 6.92. The largest absolute Gasteiger partial charge is 0.481 e. The van der Waals surface area contributed by atoms with Gasteiger partial charge in [0.1, 0.15) is 5.82 Å². The number of aryl methyl sites for hydroxylation is 1. The van der Waals surface area contributed by atoms with Gasteiger partial charge >= 0.3 is 5.97 Å². The van der Waals surface area contributed by atoms with Crippen LogP contribution in [0.15, 0.2) is 60.8 Å². The molecule has 6 nitrogen and oxygen atoms in total. The van der Waals surface area contributed by atoms with Gasteiger partial charge in [0.05, 0.1) is 31.9 Å². The van der Waals surface area contributed by atoms with Gasteiger partial charge in [-0.15, -0.1) is 0 Å². The summed E-state index contributed by atoms with van der Waals surface area (Å²) in [5, 5.41) is 9.88. The SMILES string of the molecule is CSN1Cc2cc(-c3ccc(N4CCOCC4)nc3)ccc2-c2c(C)c(-c3ccc(C)cc3)c(CC(=O)O)c(C)c21. The van der Waals surface area contributed by atoms with Crippen molar-refractivity contribution in [1.82, 2.24) is 4.98 Å². The average Bonchev–Trinajstić information content (AvgIpc) is 2.99. The number of benzene rings is 3. The first-order chi connectivity index (χ1) is 19.9. The Bertz CT molecular complexity index is 1610. The first-order valence-corrected chi connectivity index (χ1v) is 15.2. The van der Waals surface area contributed by atoms with Gasteiger partial charge < -0.3 is 19.0 Å². The van der Waals surface area contributed by atoms with Crippen molar-refractivity contribution in [3.05, 3.63) is 88.6 Å². The van der Waals surface area contributed by atoms with E-state index in [2.05, 4.69) is 90.8 Å². The maximum atomic E-state index is 12.0. The third-order valence-corrected chi connectivity index (χ3v) is 9.09. The zero-order chi connectivity index (χ0) is 28.7. The molecule has 0 atom stereocenters. The number of carboxylic acids is 1. The summed E-state index contributed by atoms with van der Waals surface area (Å²) >= 11 is 1.68. The van der Waals surface area contributed by atoms with Gasteiger partial charge in [0, 0.05) is 36.7 Å². The normalized spacial score (nSPS) is 14.5. The maximum absolute atomic E-state index is 12.0. The number of pyridine rings is 1. The average molecular weight is 566 g/mol. The molecule has 4 aromatic rings. The monoisotopic (exact) mass is 565 g/mol. The van der Waals surface area contributed by atoms with Gasteiger partial charge in [0.15, 0.2) is 0 Å². The summed E-state index contributed by atoms with van der Waals surface area (Å²) < 4.78 is 7.80. The number of ether oxygens (including phenoxy) is 1. The van der Waals surface area contributed by atoms with Gasteiger partial charge in [0.25, 0.3) is 0 Å². The molecule has 0 amide bonds. The topological polar surface area (TPSA) is 65.9 Å². The predicted molar refractivity (Wildman–Crippen MR) is 169 cm³/mol. The molecule has 2 aliphatic rings. The van der Waals surface area contributed by atoms with Crippen molar-refractivity contribution in [3.8, 4) is 33.4 Å². The first-order valence-electron chi connectivity index (χ1n) is 14.0. The van der Waals surface area contributed by atoms with E-state index in [1.807, 2.05) is 6.20 Å². The molecule has 0 saturated carbocycles. The second kappa shape index (κ2) is 11.2. The number of hydrogen-bond acceptors (Lipinski definition) is 6. The lowest BCUT2D eigenvalue weighted by atomic mass is 9.80. The number of nitrogens with zero attached hydrogens (tertiary/aromatic N) is 3. The van der Waals surface area contributed by atoms with Gasteiger partial charge in [0.2, 0.25) is 0 Å². The van der Waals surface area contributed by atoms with Crippen molar-refractivity contribution >= 4 is 29.4 Å². The summed E-state index contributed by atoms with van der Waals surface area (Å²) in [6, 6.07) is 19.4. The minimum atomic E-state index is -0.814. The Morgan fingerprint density at radius 1 is 0.927 bits per heavy atom. The van der Waals surface area contributed by atoms with Gasteiger partial charge in [-0.1, -0.05) is 53.9 Å². The third-order valence-electron chi connectivity index (χ3n) is 8.34. The minimum absolute atomic E-state index is 0.00930. The minimum Gasteiger partial charge on any atom is -0.481 e. The molecule has 3 heterocycles. The molecule has 7 heteroatoms. The van der Waals surface area contributed by atoms with Crippen molar-refractivity contribution in [2.24, 2.45) is 0 Å². The maximum Gasteiger partial charge on any atom is 0.307 e. The molecule has 1 aromatic heterocycles. The van der Waals surface area contributed by atoms with Gasteiger partial charge in [-0.05, 0) is 83.5 Å². The summed E-state index contributed by atoms with van der Waals surface area (Å²) in [7, 11) is 0. The van der Waals surface area contributed by atoms with E-state index >= 15 is 0 Å². The van der Waals surface area contributed by atoms with Crippen LogP contribution in [0.3, 0.4) is 0 Å². The first kappa shape index (κ1) is 27.4. The third kappa shape index (κ3) is 5.09. The lowest BCUT2D eigenvalue weighted by molar-refractivity contribution is -0.136. The second-order valence-electron chi connectivity index (χ2n) is 10.9. The molecular weight excluding hydrogens is 530 g/mol. The molecule has 2 aliphatic heterocycles. The summed E-state index contributed by atoms with van der Waals surface area (Å²) in [6.45, 7) is 10.3. The highest BCUT2D eigenvalue weighted by Crippen LogP contribution is 2.50. The summed E-state index contributed by atoms with van der Waals surface area (Å²) in [5.41, 5.74) is 13.3. The van der Waals surface area contributed by atoms with Gasteiger partial charge in [-0.25, -0.2) is 4.98 Å². The molecule has 0 aliphatic carbocycles. The van der Waals surface area contributed by atoms with E-state index in [-0.39, 0.29) is 6.42 Å². The predicted octanol–water partition coefficient (Wildman–Crippen LogP) is 7.07. The van der Waals surface area contributed by atoms with Crippen LogP contribution < -0.4 is 9.21 Å². The molecular formula is C34H35N3O3S. The van der Waals surface area contributed by atoms with Crippen LogP contribution in [0.1, 0.15) is 27.8 Å². The number of hydrogen-bond donors (Lipinski definition) is 1. The van der Waals surface area contributed by atoms with Crippen LogP contribution in [0.25, 0.3) is 33.4 Å². The van der Waals surface area contributed by atoms with Gasteiger partial charge in [-0.2, -0.15) is 0 Å². The number of fused-ring (bicyclic) bond motifs is 3. The lowest BCUT2D eigenvalue weighted by Crippen LogP contribution is -2.36. The Morgan fingerprint density at radius 2 is 1.63 bits per heavy atom. The fourth-order valence-electron chi connectivity index (χ4n) is 6.25. The van der Waals surface area contributed by atoms with Crippen molar-refractivity contribution in [2.45, 2.75) is 33.7 Å². The molecule has 0 bridgehead atoms. The quantitative estimate of drug-likeness (QED) is 0.251. The Morgan fingerprint density at radius 3 is 2.29 bits per heavy atom. The molecule has 0 radical (unpaired) electrons. The number of rotatable bonds is 6. The molecule has 1 fully saturated rings. The van der Waals surface area contributed by atoms with Crippen LogP contribution in [0, 0.1) is 20.8 Å². The van der Waals surface area contributed by atoms with Crippen LogP contribution in [0.5, 0.6) is 0 Å². The zero-order valence-electron chi connectivity index (χ0n) is 24.0. The number of carboxylic acid groups (broad SMARTS) is 1. The molecule has 0 unspecified atom stereocenters. The van der Waals surface area contributed by atoms with Crippen LogP contribution in [-0.4, -0.2) is 48.6 Å². The van der Waals surface area contributed by atoms with E-state index in [0.29, 0.717) is 0 Å². The fraction of sp³-hybridized carbons (Fsp3) is 0.294. The van der Waals surface area contributed by atoms with Crippen LogP contribution in [0.4, 0.5) is 11.5 Å². The van der Waals surface area contributed by atoms with E-state index in [1.165, 1.54) is 22.3 Å². The van der Waals surface area contributed by atoms with E-state index < -0.39 is 5.97 Å². The van der Waals surface area contributed by atoms with Crippen molar-refractivity contribution in [2.75, 3.05) is 41.8 Å². The van der Waals surface area contributed by atoms with Crippen LogP contribution in [-0.2, 0) is 22.5 Å². The van der Waals surface area contributed by atoms with Crippen molar-refractivity contribution < 1.29 is 14.6 Å². The van der Waals surface area contributed by atoms with E-state index in [4.69, 9.17) is 9.72 Å². The Kier molecular flexibility index (Phi) is 7.49. The number of carbonyl (C=O) groups is 1. The highest BCUT2D eigenvalue weighted by molar-refractivity contribution is 7.99. The van der Waals surface area contributed by atoms with Crippen LogP contribution >= 0.6 is 11.9 Å².